The van der Waals surface area contributed by atoms with Crippen molar-refractivity contribution in [3.63, 3.8) is 0 Å². The summed E-state index contributed by atoms with van der Waals surface area (Å²) < 4.78 is 8.47. The fourth-order valence-corrected chi connectivity index (χ4v) is 3.36. The molecule has 1 aromatic carbocycles. The Bertz CT molecular complexity index is 1160. The van der Waals surface area contributed by atoms with Crippen molar-refractivity contribution in [3.05, 3.63) is 65.7 Å². The monoisotopic (exact) mass is 437 g/mol. The third-order valence-electron chi connectivity index (χ3n) is 4.81. The first-order chi connectivity index (χ1) is 14.9. The Morgan fingerprint density at radius 1 is 0.938 bits per heavy atom. The third kappa shape index (κ3) is 5.46. The summed E-state index contributed by atoms with van der Waals surface area (Å²) in [5, 5.41) is 11.8. The van der Waals surface area contributed by atoms with E-state index in [0.29, 0.717) is 11.4 Å². The Labute approximate surface area is 186 Å². The van der Waals surface area contributed by atoms with E-state index >= 15 is 0 Å². The first-order valence-corrected chi connectivity index (χ1v) is 10.1. The molecular formula is C24H27N3O5. The summed E-state index contributed by atoms with van der Waals surface area (Å²) in [6.07, 6.45) is 3.03. The highest BCUT2D eigenvalue weighted by atomic mass is 16.6. The lowest BCUT2D eigenvalue weighted by Gasteiger charge is -2.19. The maximum Gasteiger partial charge on any atom is 0.412 e. The summed E-state index contributed by atoms with van der Waals surface area (Å²) in [4.78, 5) is 36.0. The van der Waals surface area contributed by atoms with Crippen LogP contribution in [0.15, 0.2) is 48.8 Å². The first kappa shape index (κ1) is 22.9. The van der Waals surface area contributed by atoms with E-state index in [1.54, 1.807) is 68.5 Å². The highest BCUT2D eigenvalue weighted by Crippen LogP contribution is 2.23. The molecule has 3 aromatic rings. The van der Waals surface area contributed by atoms with Crippen molar-refractivity contribution >= 4 is 23.5 Å². The number of carbonyl (C=O) groups excluding carboxylic acids is 2. The summed E-state index contributed by atoms with van der Waals surface area (Å²) in [5.74, 6) is -1.07. The van der Waals surface area contributed by atoms with Crippen LogP contribution in [0.1, 0.15) is 47.3 Å². The molecule has 0 radical (unpaired) electrons. The molecule has 0 atom stereocenters. The second-order valence-corrected chi connectivity index (χ2v) is 8.68. The topological polar surface area (TPSA) is 103 Å². The van der Waals surface area contributed by atoms with Crippen LogP contribution in [0.5, 0.6) is 0 Å². The lowest BCUT2D eigenvalue weighted by Crippen LogP contribution is -2.27. The molecule has 2 N–H and O–H groups in total. The second-order valence-electron chi connectivity index (χ2n) is 8.68. The zero-order valence-corrected chi connectivity index (χ0v) is 18.8. The Hall–Kier alpha value is -3.81. The van der Waals surface area contributed by atoms with E-state index in [2.05, 4.69) is 5.32 Å². The van der Waals surface area contributed by atoms with Gasteiger partial charge in [0, 0.05) is 38.5 Å². The van der Waals surface area contributed by atoms with Gasteiger partial charge in [-0.25, -0.2) is 9.59 Å². The maximum absolute atomic E-state index is 12.8. The van der Waals surface area contributed by atoms with Gasteiger partial charge in [0.25, 0.3) is 0 Å². The van der Waals surface area contributed by atoms with Crippen molar-refractivity contribution in [3.8, 4) is 11.1 Å². The largest absolute Gasteiger partial charge is 0.477 e. The van der Waals surface area contributed by atoms with E-state index in [1.807, 2.05) is 24.3 Å². The van der Waals surface area contributed by atoms with Crippen molar-refractivity contribution in [2.75, 3.05) is 5.32 Å². The molecule has 8 heteroatoms. The van der Waals surface area contributed by atoms with E-state index in [-0.39, 0.29) is 17.9 Å². The predicted molar refractivity (Wildman–Crippen MR) is 121 cm³/mol. The van der Waals surface area contributed by atoms with Crippen molar-refractivity contribution in [2.24, 2.45) is 14.1 Å². The molecule has 0 unspecified atom stereocenters. The number of aromatic carboxylic acids is 1. The lowest BCUT2D eigenvalue weighted by atomic mass is 10.0. The van der Waals surface area contributed by atoms with Gasteiger partial charge >= 0.3 is 12.1 Å². The van der Waals surface area contributed by atoms with Gasteiger partial charge in [0.15, 0.2) is 5.78 Å². The highest BCUT2D eigenvalue weighted by molar-refractivity contribution is 5.98. The van der Waals surface area contributed by atoms with Gasteiger partial charge in [-0.3, -0.25) is 10.1 Å². The quantitative estimate of drug-likeness (QED) is 0.553. The van der Waals surface area contributed by atoms with Gasteiger partial charge in [-0.05, 0) is 44.0 Å². The van der Waals surface area contributed by atoms with Crippen LogP contribution in [0.2, 0.25) is 0 Å². The molecule has 0 spiro atoms. The van der Waals surface area contributed by atoms with Crippen LogP contribution >= 0.6 is 0 Å². The molecule has 168 valence electrons. The molecule has 0 aliphatic heterocycles. The number of carboxylic acids is 1. The fraction of sp³-hybridized carbons (Fsp3) is 0.292. The molecule has 2 aromatic heterocycles. The van der Waals surface area contributed by atoms with Crippen LogP contribution in [-0.2, 0) is 25.3 Å². The lowest BCUT2D eigenvalue weighted by molar-refractivity contribution is 0.0633. The van der Waals surface area contributed by atoms with Crippen LogP contribution in [0, 0.1) is 0 Å². The highest BCUT2D eigenvalue weighted by Gasteiger charge is 2.19. The predicted octanol–water partition coefficient (Wildman–Crippen LogP) is 4.50. The number of ketones is 1. The van der Waals surface area contributed by atoms with Crippen molar-refractivity contribution < 1.29 is 24.2 Å². The van der Waals surface area contributed by atoms with E-state index in [9.17, 15) is 19.5 Å². The molecule has 1 amide bonds. The van der Waals surface area contributed by atoms with Crippen LogP contribution in [-0.4, -0.2) is 37.7 Å². The molecule has 3 rings (SSSR count). The van der Waals surface area contributed by atoms with Crippen LogP contribution in [0.25, 0.3) is 11.1 Å². The number of nitrogens with one attached hydrogen (secondary N) is 1. The smallest absolute Gasteiger partial charge is 0.412 e. The van der Waals surface area contributed by atoms with E-state index in [4.69, 9.17) is 4.74 Å². The van der Waals surface area contributed by atoms with Gasteiger partial charge in [0.05, 0.1) is 11.4 Å². The minimum Gasteiger partial charge on any atom is -0.477 e. The summed E-state index contributed by atoms with van der Waals surface area (Å²) in [7, 11) is 3.43. The van der Waals surface area contributed by atoms with Gasteiger partial charge in [0.1, 0.15) is 11.3 Å². The molecule has 8 nitrogen and oxygen atoms in total. The molecule has 0 aliphatic rings. The summed E-state index contributed by atoms with van der Waals surface area (Å²) in [6, 6.07) is 10.7. The number of carbonyl (C=O) groups is 3. The number of nitrogens with zero attached hydrogens (tertiary/aromatic N) is 2. The van der Waals surface area contributed by atoms with Gasteiger partial charge < -0.3 is 19.0 Å². The standard InChI is InChI=1S/C24H27N3O5/c1-24(2,3)32-23(31)25-18-12-19(27(5)14-18)21(28)10-15-6-8-16(9-7-15)17-11-20(22(29)30)26(4)13-17/h6-9,11-14H,10H2,1-5H3,(H,25,31)(H,29,30). The van der Waals surface area contributed by atoms with Crippen molar-refractivity contribution in [1.82, 2.24) is 9.13 Å². The van der Waals surface area contributed by atoms with Crippen LogP contribution < -0.4 is 5.32 Å². The Morgan fingerprint density at radius 2 is 1.56 bits per heavy atom. The zero-order valence-electron chi connectivity index (χ0n) is 18.8. The molecule has 0 saturated heterocycles. The van der Waals surface area contributed by atoms with Crippen molar-refractivity contribution in [1.29, 1.82) is 0 Å². The molecule has 0 saturated carbocycles. The Balaban J connectivity index is 1.68. The number of aryl methyl sites for hydroxylation is 2. The second kappa shape index (κ2) is 8.74. The summed E-state index contributed by atoms with van der Waals surface area (Å²) in [6.45, 7) is 5.34. The number of hydrogen-bond acceptors (Lipinski definition) is 4. The van der Waals surface area contributed by atoms with Crippen LogP contribution in [0.3, 0.4) is 0 Å². The molecule has 0 bridgehead atoms. The molecule has 32 heavy (non-hydrogen) atoms. The number of ether oxygens (including phenoxy) is 1. The van der Waals surface area contributed by atoms with Gasteiger partial charge in [-0.2, -0.15) is 0 Å². The number of amides is 1. The number of benzene rings is 1. The number of hydrogen-bond donors (Lipinski definition) is 2. The summed E-state index contributed by atoms with van der Waals surface area (Å²) >= 11 is 0. The van der Waals surface area contributed by atoms with E-state index in [1.165, 1.54) is 0 Å². The minimum atomic E-state index is -0.982. The first-order valence-electron chi connectivity index (χ1n) is 10.1. The van der Waals surface area contributed by atoms with Crippen molar-refractivity contribution in [2.45, 2.75) is 32.8 Å². The maximum atomic E-state index is 12.8. The van der Waals surface area contributed by atoms with Gasteiger partial charge in [0.2, 0.25) is 0 Å². The average molecular weight is 437 g/mol. The zero-order chi connectivity index (χ0) is 23.6. The van der Waals surface area contributed by atoms with E-state index < -0.39 is 17.7 Å². The number of carboxylic acid groups (broad SMARTS) is 1. The fourth-order valence-electron chi connectivity index (χ4n) is 3.36. The number of anilines is 1. The van der Waals surface area contributed by atoms with Gasteiger partial charge in [-0.15, -0.1) is 0 Å². The van der Waals surface area contributed by atoms with Crippen LogP contribution in [0.4, 0.5) is 10.5 Å². The number of rotatable bonds is 6. The van der Waals surface area contributed by atoms with E-state index in [0.717, 1.165) is 16.7 Å². The molecule has 0 fully saturated rings. The average Bonchev–Trinajstić information content (AvgIpc) is 3.23. The third-order valence-corrected chi connectivity index (χ3v) is 4.81. The number of aromatic nitrogens is 2. The number of Topliss-reactive ketones (excluding diaryl/α,β-unsaturated/α-hetero) is 1. The Kier molecular flexibility index (Phi) is 6.25. The summed E-state index contributed by atoms with van der Waals surface area (Å²) in [5.41, 5.74) is 3.04. The molecule has 0 aliphatic carbocycles. The molecular weight excluding hydrogens is 410 g/mol. The Morgan fingerprint density at radius 3 is 2.12 bits per heavy atom. The normalized spacial score (nSPS) is 11.3. The minimum absolute atomic E-state index is 0.0923. The van der Waals surface area contributed by atoms with Gasteiger partial charge in [-0.1, -0.05) is 24.3 Å². The SMILES string of the molecule is Cn1cc(-c2ccc(CC(=O)c3cc(NC(=O)OC(C)(C)C)cn3C)cc2)cc1C(=O)O. The molecule has 2 heterocycles.